The highest BCUT2D eigenvalue weighted by atomic mass is 19.4. The Balaban J connectivity index is 1.85. The van der Waals surface area contributed by atoms with Gasteiger partial charge in [-0.25, -0.2) is 0 Å². The van der Waals surface area contributed by atoms with E-state index in [-0.39, 0.29) is 25.5 Å². The highest BCUT2D eigenvalue weighted by molar-refractivity contribution is 5.79. The number of nitrogens with one attached hydrogen (secondary N) is 1. The lowest BCUT2D eigenvalue weighted by Gasteiger charge is -2.25. The molecule has 122 valence electrons. The van der Waals surface area contributed by atoms with Gasteiger partial charge >= 0.3 is 6.18 Å². The van der Waals surface area contributed by atoms with Gasteiger partial charge in [0.2, 0.25) is 5.91 Å². The summed E-state index contributed by atoms with van der Waals surface area (Å²) in [7, 11) is 1.54. The normalized spacial score (nSPS) is 17.4. The van der Waals surface area contributed by atoms with Gasteiger partial charge in [0.25, 0.3) is 0 Å². The largest absolute Gasteiger partial charge is 0.493 e. The highest BCUT2D eigenvalue weighted by Gasteiger charge is 2.29. The van der Waals surface area contributed by atoms with Gasteiger partial charge in [-0.15, -0.1) is 0 Å². The molecule has 2 rings (SSSR count). The number of alkyl halides is 3. The fraction of sp³-hybridized carbons (Fsp3) is 0.533. The van der Waals surface area contributed by atoms with Crippen LogP contribution in [0.4, 0.5) is 13.2 Å². The summed E-state index contributed by atoms with van der Waals surface area (Å²) in [6.45, 7) is 0.207. The second-order valence-corrected chi connectivity index (χ2v) is 5.17. The number of ether oxygens (including phenoxy) is 2. The van der Waals surface area contributed by atoms with Gasteiger partial charge < -0.3 is 14.8 Å². The fourth-order valence-corrected chi connectivity index (χ4v) is 2.37. The number of hydrogen-bond donors (Lipinski definition) is 1. The lowest BCUT2D eigenvalue weighted by atomic mass is 9.95. The van der Waals surface area contributed by atoms with E-state index in [0.29, 0.717) is 17.9 Å². The molecule has 1 aliphatic rings. The molecule has 0 radical (unpaired) electrons. The minimum absolute atomic E-state index is 0.0137. The zero-order valence-electron chi connectivity index (χ0n) is 12.2. The first kappa shape index (κ1) is 16.5. The Bertz CT molecular complexity index is 531. The molecule has 1 aliphatic heterocycles. The lowest BCUT2D eigenvalue weighted by Crippen LogP contribution is -2.38. The molecular formula is C15H18F3NO3. The maximum atomic E-state index is 12.0. The summed E-state index contributed by atoms with van der Waals surface area (Å²) < 4.78 is 46.8. The number of rotatable bonds is 5. The van der Waals surface area contributed by atoms with Crippen molar-refractivity contribution >= 4 is 5.91 Å². The van der Waals surface area contributed by atoms with Crippen molar-refractivity contribution in [1.82, 2.24) is 5.32 Å². The van der Waals surface area contributed by atoms with Crippen LogP contribution >= 0.6 is 0 Å². The predicted molar refractivity (Wildman–Crippen MR) is 74.0 cm³/mol. The third-order valence-corrected chi connectivity index (χ3v) is 3.48. The Labute approximate surface area is 126 Å². The first-order valence-corrected chi connectivity index (χ1v) is 7.04. The van der Waals surface area contributed by atoms with Crippen molar-refractivity contribution < 1.29 is 27.4 Å². The number of para-hydroxylation sites is 1. The van der Waals surface area contributed by atoms with Crippen LogP contribution in [0.2, 0.25) is 0 Å². The molecule has 0 saturated carbocycles. The van der Waals surface area contributed by atoms with E-state index in [4.69, 9.17) is 9.47 Å². The van der Waals surface area contributed by atoms with E-state index in [2.05, 4.69) is 5.32 Å². The SMILES string of the molecule is COc1cccc2c1OCC(C(=O)NCCCC(F)(F)F)C2. The van der Waals surface area contributed by atoms with E-state index in [1.54, 1.807) is 13.2 Å². The average molecular weight is 317 g/mol. The number of methoxy groups -OCH3 is 1. The number of fused-ring (bicyclic) bond motifs is 1. The van der Waals surface area contributed by atoms with Crippen LogP contribution in [0.5, 0.6) is 11.5 Å². The van der Waals surface area contributed by atoms with Gasteiger partial charge in [0.05, 0.1) is 13.0 Å². The van der Waals surface area contributed by atoms with Crippen molar-refractivity contribution in [1.29, 1.82) is 0 Å². The first-order valence-electron chi connectivity index (χ1n) is 7.04. The van der Waals surface area contributed by atoms with E-state index in [0.717, 1.165) is 5.56 Å². The van der Waals surface area contributed by atoms with Gasteiger partial charge in [0, 0.05) is 13.0 Å². The van der Waals surface area contributed by atoms with Crippen molar-refractivity contribution in [2.75, 3.05) is 20.3 Å². The summed E-state index contributed by atoms with van der Waals surface area (Å²) in [5.41, 5.74) is 0.862. The molecule has 22 heavy (non-hydrogen) atoms. The van der Waals surface area contributed by atoms with Crippen LogP contribution in [-0.4, -0.2) is 32.3 Å². The van der Waals surface area contributed by atoms with Crippen molar-refractivity contribution in [3.05, 3.63) is 23.8 Å². The first-order chi connectivity index (χ1) is 10.4. The number of halogens is 3. The Hall–Kier alpha value is -1.92. The van der Waals surface area contributed by atoms with Crippen LogP contribution in [0, 0.1) is 5.92 Å². The molecule has 0 bridgehead atoms. The van der Waals surface area contributed by atoms with Crippen LogP contribution in [0.15, 0.2) is 18.2 Å². The third-order valence-electron chi connectivity index (χ3n) is 3.48. The molecule has 0 fully saturated rings. The van der Waals surface area contributed by atoms with Crippen molar-refractivity contribution in [2.24, 2.45) is 5.92 Å². The van der Waals surface area contributed by atoms with Gasteiger partial charge in [-0.05, 0) is 24.5 Å². The summed E-state index contributed by atoms with van der Waals surface area (Å²) in [6.07, 6.45) is -4.71. The van der Waals surface area contributed by atoms with E-state index in [1.807, 2.05) is 12.1 Å². The maximum absolute atomic E-state index is 12.0. The lowest BCUT2D eigenvalue weighted by molar-refractivity contribution is -0.136. The van der Waals surface area contributed by atoms with Gasteiger partial charge in [0.15, 0.2) is 11.5 Å². The van der Waals surface area contributed by atoms with Crippen LogP contribution in [0.3, 0.4) is 0 Å². The summed E-state index contributed by atoms with van der Waals surface area (Å²) in [6, 6.07) is 5.43. The molecule has 7 heteroatoms. The molecule has 0 aliphatic carbocycles. The summed E-state index contributed by atoms with van der Waals surface area (Å²) in [5, 5.41) is 2.53. The monoisotopic (exact) mass is 317 g/mol. The Morgan fingerprint density at radius 1 is 1.45 bits per heavy atom. The van der Waals surface area contributed by atoms with Crippen LogP contribution in [0.25, 0.3) is 0 Å². The molecular weight excluding hydrogens is 299 g/mol. The summed E-state index contributed by atoms with van der Waals surface area (Å²) in [5.74, 6) is 0.564. The number of carbonyl (C=O) groups is 1. The average Bonchev–Trinajstić information content (AvgIpc) is 2.49. The molecule has 1 amide bonds. The number of hydrogen-bond acceptors (Lipinski definition) is 3. The third kappa shape index (κ3) is 4.29. The maximum Gasteiger partial charge on any atom is 0.389 e. The summed E-state index contributed by atoms with van der Waals surface area (Å²) >= 11 is 0. The van der Waals surface area contributed by atoms with E-state index >= 15 is 0 Å². The molecule has 0 aromatic heterocycles. The highest BCUT2D eigenvalue weighted by Crippen LogP contribution is 2.36. The molecule has 1 aromatic carbocycles. The zero-order chi connectivity index (χ0) is 16.2. The van der Waals surface area contributed by atoms with Gasteiger partial charge in [0.1, 0.15) is 6.61 Å². The van der Waals surface area contributed by atoms with E-state index < -0.39 is 18.5 Å². The topological polar surface area (TPSA) is 47.6 Å². The number of carbonyl (C=O) groups excluding carboxylic acids is 1. The molecule has 1 unspecified atom stereocenters. The van der Waals surface area contributed by atoms with Crippen LogP contribution in [0.1, 0.15) is 18.4 Å². The molecule has 1 N–H and O–H groups in total. The predicted octanol–water partition coefficient (Wildman–Crippen LogP) is 2.71. The van der Waals surface area contributed by atoms with E-state index in [1.165, 1.54) is 0 Å². The zero-order valence-corrected chi connectivity index (χ0v) is 12.2. The van der Waals surface area contributed by atoms with Gasteiger partial charge in [-0.1, -0.05) is 12.1 Å². The molecule has 1 aromatic rings. The minimum atomic E-state index is -4.19. The minimum Gasteiger partial charge on any atom is -0.493 e. The molecule has 4 nitrogen and oxygen atoms in total. The standard InChI is InChI=1S/C15H18F3NO3/c1-21-12-5-2-4-10-8-11(9-22-13(10)12)14(20)19-7-3-6-15(16,17)18/h2,4-5,11H,3,6-9H2,1H3,(H,19,20). The Morgan fingerprint density at radius 3 is 2.91 bits per heavy atom. The number of benzene rings is 1. The van der Waals surface area contributed by atoms with E-state index in [9.17, 15) is 18.0 Å². The quantitative estimate of drug-likeness (QED) is 0.850. The van der Waals surface area contributed by atoms with Crippen molar-refractivity contribution in [3.63, 3.8) is 0 Å². The fourth-order valence-electron chi connectivity index (χ4n) is 2.37. The van der Waals surface area contributed by atoms with Crippen LogP contribution in [-0.2, 0) is 11.2 Å². The molecule has 0 saturated heterocycles. The van der Waals surface area contributed by atoms with Crippen molar-refractivity contribution in [3.8, 4) is 11.5 Å². The van der Waals surface area contributed by atoms with Gasteiger partial charge in [-0.3, -0.25) is 4.79 Å². The second kappa shape index (κ2) is 6.89. The van der Waals surface area contributed by atoms with Crippen molar-refractivity contribution in [2.45, 2.75) is 25.4 Å². The second-order valence-electron chi connectivity index (χ2n) is 5.17. The molecule has 1 heterocycles. The smallest absolute Gasteiger partial charge is 0.389 e. The summed E-state index contributed by atoms with van der Waals surface area (Å²) in [4.78, 5) is 12.0. The molecule has 1 atom stereocenters. The van der Waals surface area contributed by atoms with Crippen LogP contribution < -0.4 is 14.8 Å². The van der Waals surface area contributed by atoms with Gasteiger partial charge in [-0.2, -0.15) is 13.2 Å². The molecule has 0 spiro atoms. The Kier molecular flexibility index (Phi) is 5.15. The number of amides is 1. The Morgan fingerprint density at radius 2 is 2.23 bits per heavy atom.